The highest BCUT2D eigenvalue weighted by molar-refractivity contribution is 5.96. The molecule has 1 aliphatic rings. The molecule has 0 saturated carbocycles. The van der Waals surface area contributed by atoms with Gasteiger partial charge in [-0.25, -0.2) is 4.79 Å². The summed E-state index contributed by atoms with van der Waals surface area (Å²) >= 11 is 0. The van der Waals surface area contributed by atoms with E-state index in [1.807, 2.05) is 55.5 Å². The summed E-state index contributed by atoms with van der Waals surface area (Å²) in [5, 5.41) is 5.15. The van der Waals surface area contributed by atoms with Crippen LogP contribution in [0.3, 0.4) is 0 Å². The van der Waals surface area contributed by atoms with Crippen LogP contribution in [0.5, 0.6) is 11.5 Å². The number of nitrogens with one attached hydrogen (secondary N) is 3. The van der Waals surface area contributed by atoms with Crippen molar-refractivity contribution in [1.82, 2.24) is 10.6 Å². The van der Waals surface area contributed by atoms with Gasteiger partial charge in [0.25, 0.3) is 5.91 Å². The van der Waals surface area contributed by atoms with E-state index < -0.39 is 12.1 Å². The van der Waals surface area contributed by atoms with E-state index in [1.165, 1.54) is 0 Å². The van der Waals surface area contributed by atoms with E-state index in [4.69, 9.17) is 9.47 Å². The molecule has 0 aliphatic carbocycles. The standard InChI is InChI=1S/C23H29N3O4/c1-4-24-23(28)25-22(27)21(16-9-6-5-7-10-16)26-14-8-11-19(26)18-15-17(29-2)12-13-20(18)30-3/h5-7,9-10,12-13,15,19,21H,4,8,11,14H2,1-3H3,(H2,24,25,27,28)/p+1/t19-,21+/m1/s1. The molecule has 0 aromatic heterocycles. The number of carbonyl (C=O) groups excluding carboxylic acids is 2. The zero-order valence-corrected chi connectivity index (χ0v) is 17.7. The second-order valence-electron chi connectivity index (χ2n) is 7.32. The third kappa shape index (κ3) is 4.74. The van der Waals surface area contributed by atoms with Gasteiger partial charge in [0.05, 0.1) is 26.3 Å². The molecule has 0 radical (unpaired) electrons. The van der Waals surface area contributed by atoms with Crippen molar-refractivity contribution in [2.45, 2.75) is 31.8 Å². The Kier molecular flexibility index (Phi) is 7.30. The van der Waals surface area contributed by atoms with Crippen molar-refractivity contribution in [3.63, 3.8) is 0 Å². The molecular formula is C23H30N3O4+. The fourth-order valence-corrected chi connectivity index (χ4v) is 4.25. The number of quaternary nitrogens is 1. The third-order valence-electron chi connectivity index (χ3n) is 5.56. The summed E-state index contributed by atoms with van der Waals surface area (Å²) in [6, 6.07) is 14.4. The van der Waals surface area contributed by atoms with Gasteiger partial charge in [0.1, 0.15) is 17.5 Å². The Hall–Kier alpha value is -3.06. The fourth-order valence-electron chi connectivity index (χ4n) is 4.25. The summed E-state index contributed by atoms with van der Waals surface area (Å²) in [4.78, 5) is 26.4. The molecule has 1 heterocycles. The average Bonchev–Trinajstić information content (AvgIpc) is 3.23. The smallest absolute Gasteiger partial charge is 0.321 e. The number of benzene rings is 2. The van der Waals surface area contributed by atoms with Crippen molar-refractivity contribution in [2.75, 3.05) is 27.3 Å². The van der Waals surface area contributed by atoms with Crippen LogP contribution in [0, 0.1) is 0 Å². The van der Waals surface area contributed by atoms with E-state index in [1.54, 1.807) is 14.2 Å². The Morgan fingerprint density at radius 1 is 1.13 bits per heavy atom. The van der Waals surface area contributed by atoms with Gasteiger partial charge in [-0.3, -0.25) is 10.1 Å². The predicted molar refractivity (Wildman–Crippen MR) is 114 cm³/mol. The molecule has 3 rings (SSSR count). The molecule has 3 amide bonds. The number of ether oxygens (including phenoxy) is 2. The Bertz CT molecular complexity index is 872. The van der Waals surface area contributed by atoms with Gasteiger partial charge in [-0.05, 0) is 25.1 Å². The normalized spacial score (nSPS) is 19.0. The second-order valence-corrected chi connectivity index (χ2v) is 7.32. The largest absolute Gasteiger partial charge is 0.497 e. The summed E-state index contributed by atoms with van der Waals surface area (Å²) in [6.45, 7) is 3.08. The fraction of sp³-hybridized carbons (Fsp3) is 0.391. The molecule has 7 nitrogen and oxygen atoms in total. The van der Waals surface area contributed by atoms with Crippen molar-refractivity contribution >= 4 is 11.9 Å². The van der Waals surface area contributed by atoms with Gasteiger partial charge in [-0.1, -0.05) is 30.3 Å². The van der Waals surface area contributed by atoms with Crippen LogP contribution in [0.1, 0.15) is 43.0 Å². The molecule has 0 bridgehead atoms. The number of hydrogen-bond acceptors (Lipinski definition) is 4. The van der Waals surface area contributed by atoms with Crippen molar-refractivity contribution < 1.29 is 24.0 Å². The van der Waals surface area contributed by atoms with Crippen LogP contribution in [0.4, 0.5) is 4.79 Å². The van der Waals surface area contributed by atoms with Crippen molar-refractivity contribution in [3.8, 4) is 11.5 Å². The first kappa shape index (κ1) is 21.6. The van der Waals surface area contributed by atoms with E-state index in [9.17, 15) is 9.59 Å². The van der Waals surface area contributed by atoms with Crippen LogP contribution in [0.2, 0.25) is 0 Å². The number of rotatable bonds is 7. The van der Waals surface area contributed by atoms with Crippen molar-refractivity contribution in [3.05, 3.63) is 59.7 Å². The molecule has 3 atom stereocenters. The molecular weight excluding hydrogens is 382 g/mol. The average molecular weight is 413 g/mol. The molecule has 30 heavy (non-hydrogen) atoms. The minimum absolute atomic E-state index is 0.0419. The number of carbonyl (C=O) groups is 2. The Morgan fingerprint density at radius 3 is 2.57 bits per heavy atom. The molecule has 1 saturated heterocycles. The lowest BCUT2D eigenvalue weighted by Gasteiger charge is -2.30. The number of amides is 3. The maximum atomic E-state index is 13.2. The zero-order chi connectivity index (χ0) is 21.5. The number of imide groups is 1. The van der Waals surface area contributed by atoms with Gasteiger partial charge in [-0.15, -0.1) is 0 Å². The number of likely N-dealkylation sites (tertiary alicyclic amines) is 1. The van der Waals surface area contributed by atoms with E-state index >= 15 is 0 Å². The first-order chi connectivity index (χ1) is 14.6. The maximum absolute atomic E-state index is 13.2. The third-order valence-corrected chi connectivity index (χ3v) is 5.56. The quantitative estimate of drug-likeness (QED) is 0.650. The summed E-state index contributed by atoms with van der Waals surface area (Å²) < 4.78 is 11.0. The van der Waals surface area contributed by atoms with E-state index in [0.29, 0.717) is 6.54 Å². The van der Waals surface area contributed by atoms with E-state index in [-0.39, 0.29) is 11.9 Å². The highest BCUT2D eigenvalue weighted by Crippen LogP contribution is 2.33. The molecule has 1 unspecified atom stereocenters. The first-order valence-electron chi connectivity index (χ1n) is 10.3. The Balaban J connectivity index is 1.98. The molecule has 1 aliphatic heterocycles. The maximum Gasteiger partial charge on any atom is 0.321 e. The number of hydrogen-bond donors (Lipinski definition) is 3. The van der Waals surface area contributed by atoms with E-state index in [2.05, 4.69) is 10.6 Å². The van der Waals surface area contributed by atoms with Gasteiger partial charge in [0.2, 0.25) is 0 Å². The molecule has 160 valence electrons. The summed E-state index contributed by atoms with van der Waals surface area (Å²) in [6.07, 6.45) is 1.88. The molecule has 7 heteroatoms. The molecule has 0 spiro atoms. The summed E-state index contributed by atoms with van der Waals surface area (Å²) in [5.41, 5.74) is 1.89. The SMILES string of the molecule is CCNC(=O)NC(=O)[C@H](c1ccccc1)[NH+]1CCC[C@@H]1c1cc(OC)ccc1OC. The van der Waals surface area contributed by atoms with Crippen LogP contribution in [-0.4, -0.2) is 39.2 Å². The highest BCUT2D eigenvalue weighted by atomic mass is 16.5. The number of urea groups is 1. The lowest BCUT2D eigenvalue weighted by molar-refractivity contribution is -0.940. The van der Waals surface area contributed by atoms with Crippen LogP contribution in [0.15, 0.2) is 48.5 Å². The number of methoxy groups -OCH3 is 2. The van der Waals surface area contributed by atoms with Crippen LogP contribution in [-0.2, 0) is 4.79 Å². The monoisotopic (exact) mass is 412 g/mol. The minimum atomic E-state index is -0.516. The summed E-state index contributed by atoms with van der Waals surface area (Å²) in [5.74, 6) is 1.21. The lowest BCUT2D eigenvalue weighted by Crippen LogP contribution is -3.11. The van der Waals surface area contributed by atoms with Gasteiger partial charge in [0, 0.05) is 24.9 Å². The Labute approximate surface area is 177 Å². The molecule has 2 aromatic carbocycles. The zero-order valence-electron chi connectivity index (χ0n) is 17.7. The highest BCUT2D eigenvalue weighted by Gasteiger charge is 2.42. The topological polar surface area (TPSA) is 81.1 Å². The predicted octanol–water partition coefficient (Wildman–Crippen LogP) is 2.01. The van der Waals surface area contributed by atoms with Crippen LogP contribution >= 0.6 is 0 Å². The van der Waals surface area contributed by atoms with Gasteiger partial charge < -0.3 is 19.7 Å². The molecule has 2 aromatic rings. The van der Waals surface area contributed by atoms with Crippen molar-refractivity contribution in [2.24, 2.45) is 0 Å². The van der Waals surface area contributed by atoms with Gasteiger partial charge in [0.15, 0.2) is 6.04 Å². The van der Waals surface area contributed by atoms with Crippen LogP contribution < -0.4 is 25.0 Å². The minimum Gasteiger partial charge on any atom is -0.497 e. The molecule has 3 N–H and O–H groups in total. The van der Waals surface area contributed by atoms with Gasteiger partial charge in [-0.2, -0.15) is 0 Å². The van der Waals surface area contributed by atoms with Crippen LogP contribution in [0.25, 0.3) is 0 Å². The lowest BCUT2D eigenvalue weighted by atomic mass is 9.98. The second kappa shape index (κ2) is 10.1. The Morgan fingerprint density at radius 2 is 1.90 bits per heavy atom. The van der Waals surface area contributed by atoms with Crippen molar-refractivity contribution in [1.29, 1.82) is 0 Å². The first-order valence-corrected chi connectivity index (χ1v) is 10.3. The summed E-state index contributed by atoms with van der Waals surface area (Å²) in [7, 11) is 3.29. The van der Waals surface area contributed by atoms with Gasteiger partial charge >= 0.3 is 6.03 Å². The van der Waals surface area contributed by atoms with E-state index in [0.717, 1.165) is 46.9 Å². The molecule has 1 fully saturated rings.